The summed E-state index contributed by atoms with van der Waals surface area (Å²) in [6.07, 6.45) is 0.361. The molecule has 1 rings (SSSR count). The van der Waals surface area contributed by atoms with Crippen LogP contribution < -0.4 is 0 Å². The van der Waals surface area contributed by atoms with E-state index in [-0.39, 0.29) is 12.2 Å². The van der Waals surface area contributed by atoms with Gasteiger partial charge in [-0.2, -0.15) is 0 Å². The molecule has 0 N–H and O–H groups in total. The second-order valence-electron chi connectivity index (χ2n) is 3.83. The number of rotatable bonds is 3. The van der Waals surface area contributed by atoms with E-state index in [0.29, 0.717) is 13.2 Å². The zero-order chi connectivity index (χ0) is 9.19. The molecule has 0 aromatic heterocycles. The van der Waals surface area contributed by atoms with Crippen molar-refractivity contribution in [3.8, 4) is 0 Å². The minimum absolute atomic E-state index is 0.0994. The highest BCUT2D eigenvalue weighted by molar-refractivity contribution is 4.70. The Morgan fingerprint density at radius 2 is 2.17 bits per heavy atom. The molecule has 0 bridgehead atoms. The van der Waals surface area contributed by atoms with Crippen molar-refractivity contribution in [1.29, 1.82) is 0 Å². The first kappa shape index (κ1) is 9.96. The molecule has 1 heterocycles. The minimum Gasteiger partial charge on any atom is -0.376 e. The molecule has 12 heavy (non-hydrogen) atoms. The fourth-order valence-corrected chi connectivity index (χ4v) is 1.14. The molecule has 3 heteroatoms. The van der Waals surface area contributed by atoms with Crippen molar-refractivity contribution in [3.05, 3.63) is 0 Å². The predicted octanol–water partition coefficient (Wildman–Crippen LogP) is 1.56. The van der Waals surface area contributed by atoms with E-state index in [2.05, 4.69) is 0 Å². The third-order valence-corrected chi connectivity index (χ3v) is 1.68. The maximum Gasteiger partial charge on any atom is 0.163 e. The van der Waals surface area contributed by atoms with E-state index >= 15 is 0 Å². The average Bonchev–Trinajstić information content (AvgIpc) is 2.26. The van der Waals surface area contributed by atoms with Gasteiger partial charge in [0.15, 0.2) is 5.79 Å². The Balaban J connectivity index is 2.20. The van der Waals surface area contributed by atoms with Crippen LogP contribution in [-0.4, -0.2) is 31.2 Å². The molecule has 1 atom stereocenters. The summed E-state index contributed by atoms with van der Waals surface area (Å²) in [5, 5.41) is 0. The van der Waals surface area contributed by atoms with E-state index < -0.39 is 5.79 Å². The Morgan fingerprint density at radius 3 is 2.58 bits per heavy atom. The first-order chi connectivity index (χ1) is 5.49. The van der Waals surface area contributed by atoms with Crippen molar-refractivity contribution in [2.75, 3.05) is 13.2 Å². The molecule has 3 nitrogen and oxygen atoms in total. The van der Waals surface area contributed by atoms with Crippen LogP contribution >= 0.6 is 0 Å². The van der Waals surface area contributed by atoms with E-state index in [1.165, 1.54) is 0 Å². The smallest absolute Gasteiger partial charge is 0.163 e. The lowest BCUT2D eigenvalue weighted by Gasteiger charge is -2.17. The van der Waals surface area contributed by atoms with Crippen molar-refractivity contribution in [1.82, 2.24) is 0 Å². The van der Waals surface area contributed by atoms with Crippen LogP contribution in [0, 0.1) is 0 Å². The molecule has 1 saturated heterocycles. The summed E-state index contributed by atoms with van der Waals surface area (Å²) in [6.45, 7) is 9.13. The van der Waals surface area contributed by atoms with Gasteiger partial charge in [0, 0.05) is 0 Å². The normalized spacial score (nSPS) is 28.2. The molecule has 1 fully saturated rings. The summed E-state index contributed by atoms with van der Waals surface area (Å²) in [5.41, 5.74) is 0. The van der Waals surface area contributed by atoms with Crippen LogP contribution in [0.5, 0.6) is 0 Å². The molecule has 1 aliphatic heterocycles. The van der Waals surface area contributed by atoms with Crippen LogP contribution in [-0.2, 0) is 14.2 Å². The van der Waals surface area contributed by atoms with E-state index in [1.807, 2.05) is 27.7 Å². The zero-order valence-electron chi connectivity index (χ0n) is 8.29. The second-order valence-corrected chi connectivity index (χ2v) is 3.83. The van der Waals surface area contributed by atoms with Gasteiger partial charge in [-0.3, -0.25) is 0 Å². The average molecular weight is 174 g/mol. The Hall–Kier alpha value is -0.120. The first-order valence-corrected chi connectivity index (χ1v) is 4.43. The molecule has 0 aliphatic carbocycles. The Labute approximate surface area is 74.0 Å². The third-order valence-electron chi connectivity index (χ3n) is 1.68. The lowest BCUT2D eigenvalue weighted by Crippen LogP contribution is -2.25. The standard InChI is InChI=1S/C9H18O3/c1-7(2)10-5-8-6-11-9(3,4)12-8/h7-8H,5-6H2,1-4H3/t8-/m1/s1. The van der Waals surface area contributed by atoms with Crippen molar-refractivity contribution in [3.63, 3.8) is 0 Å². The van der Waals surface area contributed by atoms with Crippen LogP contribution in [0.3, 0.4) is 0 Å². The number of hydrogen-bond acceptors (Lipinski definition) is 3. The topological polar surface area (TPSA) is 27.7 Å². The van der Waals surface area contributed by atoms with Gasteiger partial charge in [0.25, 0.3) is 0 Å². The van der Waals surface area contributed by atoms with Gasteiger partial charge in [-0.15, -0.1) is 0 Å². The van der Waals surface area contributed by atoms with Crippen LogP contribution in [0.4, 0.5) is 0 Å². The van der Waals surface area contributed by atoms with Crippen molar-refractivity contribution < 1.29 is 14.2 Å². The van der Waals surface area contributed by atoms with Gasteiger partial charge in [-0.1, -0.05) is 0 Å². The molecule has 0 radical (unpaired) electrons. The summed E-state index contributed by atoms with van der Waals surface area (Å²) in [5.74, 6) is -0.426. The van der Waals surface area contributed by atoms with Gasteiger partial charge in [0.2, 0.25) is 0 Å². The van der Waals surface area contributed by atoms with Crippen LogP contribution in [0.2, 0.25) is 0 Å². The fourth-order valence-electron chi connectivity index (χ4n) is 1.14. The van der Waals surface area contributed by atoms with Crippen LogP contribution in [0.25, 0.3) is 0 Å². The predicted molar refractivity (Wildman–Crippen MR) is 46.0 cm³/mol. The largest absolute Gasteiger partial charge is 0.376 e. The maximum absolute atomic E-state index is 5.55. The van der Waals surface area contributed by atoms with E-state index in [9.17, 15) is 0 Å². The molecular formula is C9H18O3. The van der Waals surface area contributed by atoms with Crippen LogP contribution in [0.15, 0.2) is 0 Å². The quantitative estimate of drug-likeness (QED) is 0.650. The highest BCUT2D eigenvalue weighted by Gasteiger charge is 2.32. The van der Waals surface area contributed by atoms with Gasteiger partial charge < -0.3 is 14.2 Å². The molecule has 0 saturated carbocycles. The van der Waals surface area contributed by atoms with Gasteiger partial charge in [-0.25, -0.2) is 0 Å². The summed E-state index contributed by atoms with van der Waals surface area (Å²) in [4.78, 5) is 0. The van der Waals surface area contributed by atoms with Crippen molar-refractivity contribution in [2.45, 2.75) is 45.7 Å². The van der Waals surface area contributed by atoms with Gasteiger partial charge in [0.05, 0.1) is 19.3 Å². The van der Waals surface area contributed by atoms with E-state index in [1.54, 1.807) is 0 Å². The van der Waals surface area contributed by atoms with Gasteiger partial charge in [0.1, 0.15) is 6.10 Å². The Kier molecular flexibility index (Phi) is 3.09. The first-order valence-electron chi connectivity index (χ1n) is 4.43. The lowest BCUT2D eigenvalue weighted by atomic mass is 10.4. The van der Waals surface area contributed by atoms with Gasteiger partial charge >= 0.3 is 0 Å². The number of ether oxygens (including phenoxy) is 3. The van der Waals surface area contributed by atoms with Crippen LogP contribution in [0.1, 0.15) is 27.7 Å². The lowest BCUT2D eigenvalue weighted by molar-refractivity contribution is -0.146. The van der Waals surface area contributed by atoms with Gasteiger partial charge in [-0.05, 0) is 27.7 Å². The Morgan fingerprint density at radius 1 is 1.50 bits per heavy atom. The fraction of sp³-hybridized carbons (Fsp3) is 1.00. The maximum atomic E-state index is 5.55. The van der Waals surface area contributed by atoms with E-state index in [4.69, 9.17) is 14.2 Å². The summed E-state index contributed by atoms with van der Waals surface area (Å²) < 4.78 is 16.3. The Bertz CT molecular complexity index is 143. The molecule has 1 aliphatic rings. The molecular weight excluding hydrogens is 156 g/mol. The monoisotopic (exact) mass is 174 g/mol. The van der Waals surface area contributed by atoms with Crippen molar-refractivity contribution in [2.24, 2.45) is 0 Å². The van der Waals surface area contributed by atoms with E-state index in [0.717, 1.165) is 0 Å². The second kappa shape index (κ2) is 3.73. The van der Waals surface area contributed by atoms with Crippen molar-refractivity contribution >= 4 is 0 Å². The summed E-state index contributed by atoms with van der Waals surface area (Å²) >= 11 is 0. The summed E-state index contributed by atoms with van der Waals surface area (Å²) in [7, 11) is 0. The number of hydrogen-bond donors (Lipinski definition) is 0. The molecule has 0 unspecified atom stereocenters. The molecule has 0 spiro atoms. The summed E-state index contributed by atoms with van der Waals surface area (Å²) in [6, 6.07) is 0. The minimum atomic E-state index is -0.426. The SMILES string of the molecule is CC(C)OC[C@@H]1COC(C)(C)O1. The molecule has 72 valence electrons. The zero-order valence-corrected chi connectivity index (χ0v) is 8.29. The molecule has 0 amide bonds. The molecule has 0 aromatic rings. The molecule has 0 aromatic carbocycles. The highest BCUT2D eigenvalue weighted by atomic mass is 16.7. The third kappa shape index (κ3) is 3.09. The highest BCUT2D eigenvalue weighted by Crippen LogP contribution is 2.22.